The van der Waals surface area contributed by atoms with Gasteiger partial charge in [0.25, 0.3) is 0 Å². The van der Waals surface area contributed by atoms with Gasteiger partial charge in [0.2, 0.25) is 0 Å². The van der Waals surface area contributed by atoms with Gasteiger partial charge in [-0.3, -0.25) is 0 Å². The molecule has 5 heteroatoms. The fourth-order valence-corrected chi connectivity index (χ4v) is 0.568. The summed E-state index contributed by atoms with van der Waals surface area (Å²) in [6.07, 6.45) is 1.52. The molecular formula is C10H22BaO4. The summed E-state index contributed by atoms with van der Waals surface area (Å²) in [5, 5.41) is 19.6. The summed E-state index contributed by atoms with van der Waals surface area (Å²) in [5.74, 6) is 0. The van der Waals surface area contributed by atoms with Gasteiger partial charge in [0.05, 0.1) is 12.2 Å². The zero-order valence-electron chi connectivity index (χ0n) is 10.3. The van der Waals surface area contributed by atoms with Gasteiger partial charge in [-0.1, -0.05) is 0 Å². The SMILES string of the molecule is COC(C)CC[O-].COC(C)CC[O-].[Ba+2]. The van der Waals surface area contributed by atoms with Gasteiger partial charge in [-0.25, -0.2) is 0 Å². The molecule has 2 unspecified atom stereocenters. The quantitative estimate of drug-likeness (QED) is 0.590. The molecule has 0 aromatic rings. The minimum atomic E-state index is -0.0327. The van der Waals surface area contributed by atoms with E-state index in [4.69, 9.17) is 9.47 Å². The first-order valence-corrected chi connectivity index (χ1v) is 4.84. The Labute approximate surface area is 133 Å². The van der Waals surface area contributed by atoms with Crippen LogP contribution in [0.3, 0.4) is 0 Å². The summed E-state index contributed by atoms with van der Waals surface area (Å²) in [5.41, 5.74) is 0. The second-order valence-corrected chi connectivity index (χ2v) is 3.08. The average Bonchev–Trinajstić information content (AvgIpc) is 2.19. The van der Waals surface area contributed by atoms with Crippen molar-refractivity contribution in [2.75, 3.05) is 27.4 Å². The summed E-state index contributed by atoms with van der Waals surface area (Å²) in [7, 11) is 3.22. The van der Waals surface area contributed by atoms with Crippen LogP contribution in [0.25, 0.3) is 0 Å². The Morgan fingerprint density at radius 3 is 1.20 bits per heavy atom. The topological polar surface area (TPSA) is 64.6 Å². The minimum absolute atomic E-state index is 0. The fraction of sp³-hybridized carbons (Fsp3) is 1.00. The van der Waals surface area contributed by atoms with Crippen molar-refractivity contribution in [2.24, 2.45) is 0 Å². The predicted molar refractivity (Wildman–Crippen MR) is 57.7 cm³/mol. The van der Waals surface area contributed by atoms with Gasteiger partial charge in [0, 0.05) is 14.2 Å². The molecule has 0 aliphatic heterocycles. The number of hydrogen-bond donors (Lipinski definition) is 0. The number of hydrogen-bond acceptors (Lipinski definition) is 4. The Kier molecular flexibility index (Phi) is 25.7. The summed E-state index contributed by atoms with van der Waals surface area (Å²) in [6, 6.07) is 0. The van der Waals surface area contributed by atoms with Gasteiger partial charge < -0.3 is 19.7 Å². The molecule has 0 amide bonds. The van der Waals surface area contributed by atoms with Crippen LogP contribution in [0.15, 0.2) is 0 Å². The van der Waals surface area contributed by atoms with Crippen molar-refractivity contribution >= 4 is 48.9 Å². The minimum Gasteiger partial charge on any atom is -0.854 e. The van der Waals surface area contributed by atoms with Crippen LogP contribution in [0.2, 0.25) is 0 Å². The molecule has 0 aliphatic carbocycles. The average molecular weight is 344 g/mol. The Hall–Kier alpha value is 1.41. The van der Waals surface area contributed by atoms with E-state index >= 15 is 0 Å². The van der Waals surface area contributed by atoms with Crippen LogP contribution < -0.4 is 10.2 Å². The molecule has 2 atom stereocenters. The molecule has 0 N–H and O–H groups in total. The van der Waals surface area contributed by atoms with Crippen LogP contribution in [0, 0.1) is 0 Å². The first-order valence-electron chi connectivity index (χ1n) is 4.84. The van der Waals surface area contributed by atoms with Gasteiger partial charge in [-0.15, -0.1) is 13.2 Å². The molecule has 4 nitrogen and oxygen atoms in total. The first kappa shape index (κ1) is 21.7. The van der Waals surface area contributed by atoms with Crippen molar-refractivity contribution in [1.82, 2.24) is 0 Å². The smallest absolute Gasteiger partial charge is 0.854 e. The van der Waals surface area contributed by atoms with E-state index in [1.165, 1.54) is 0 Å². The van der Waals surface area contributed by atoms with E-state index in [0.29, 0.717) is 12.8 Å². The monoisotopic (exact) mass is 344 g/mol. The number of ether oxygens (including phenoxy) is 2. The van der Waals surface area contributed by atoms with Crippen molar-refractivity contribution in [3.63, 3.8) is 0 Å². The molecule has 0 aliphatic rings. The maximum Gasteiger partial charge on any atom is 2.00 e. The molecule has 15 heavy (non-hydrogen) atoms. The van der Waals surface area contributed by atoms with Crippen molar-refractivity contribution in [3.8, 4) is 0 Å². The van der Waals surface area contributed by atoms with E-state index in [2.05, 4.69) is 0 Å². The van der Waals surface area contributed by atoms with Crippen LogP contribution in [-0.4, -0.2) is 88.5 Å². The Bertz CT molecular complexity index is 91.4. The zero-order valence-corrected chi connectivity index (χ0v) is 14.8. The molecule has 0 heterocycles. The van der Waals surface area contributed by atoms with E-state index in [1.54, 1.807) is 14.2 Å². The van der Waals surface area contributed by atoms with Gasteiger partial charge in [-0.2, -0.15) is 0 Å². The number of rotatable bonds is 6. The summed E-state index contributed by atoms with van der Waals surface area (Å²) < 4.78 is 9.58. The zero-order chi connectivity index (χ0) is 11.4. The standard InChI is InChI=1S/2C5H11O2.Ba/c2*1-5(7-2)3-4-6;/h2*5H,3-4H2,1-2H3;/q2*-1;+2. The van der Waals surface area contributed by atoms with E-state index < -0.39 is 0 Å². The van der Waals surface area contributed by atoms with Gasteiger partial charge in [0.1, 0.15) is 0 Å². The molecule has 88 valence electrons. The van der Waals surface area contributed by atoms with Crippen molar-refractivity contribution in [3.05, 3.63) is 0 Å². The summed E-state index contributed by atoms with van der Waals surface area (Å²) >= 11 is 0. The maximum atomic E-state index is 9.82. The molecule has 0 rings (SSSR count). The maximum absolute atomic E-state index is 9.82. The molecule has 0 bridgehead atoms. The third-order valence-corrected chi connectivity index (χ3v) is 1.85. The van der Waals surface area contributed by atoms with Crippen LogP contribution in [0.1, 0.15) is 26.7 Å². The van der Waals surface area contributed by atoms with Crippen LogP contribution in [0.5, 0.6) is 0 Å². The van der Waals surface area contributed by atoms with Gasteiger partial charge >= 0.3 is 48.9 Å². The normalized spacial score (nSPS) is 13.2. The van der Waals surface area contributed by atoms with Gasteiger partial charge in [0.15, 0.2) is 0 Å². The van der Waals surface area contributed by atoms with E-state index in [0.717, 1.165) is 0 Å². The Balaban J connectivity index is -0.000000180. The molecule has 0 fully saturated rings. The Morgan fingerprint density at radius 1 is 0.867 bits per heavy atom. The third kappa shape index (κ3) is 21.3. The van der Waals surface area contributed by atoms with Crippen molar-refractivity contribution in [2.45, 2.75) is 38.9 Å². The largest absolute Gasteiger partial charge is 2.00 e. The van der Waals surface area contributed by atoms with Gasteiger partial charge in [-0.05, 0) is 26.7 Å². The number of methoxy groups -OCH3 is 2. The second-order valence-electron chi connectivity index (χ2n) is 3.08. The third-order valence-electron chi connectivity index (χ3n) is 1.85. The van der Waals surface area contributed by atoms with Crippen LogP contribution in [-0.2, 0) is 9.47 Å². The van der Waals surface area contributed by atoms with Crippen LogP contribution in [0.4, 0.5) is 0 Å². The molecule has 0 saturated carbocycles. The summed E-state index contributed by atoms with van der Waals surface area (Å²) in [4.78, 5) is 0. The van der Waals surface area contributed by atoms with Crippen molar-refractivity contribution in [1.29, 1.82) is 0 Å². The molecule has 0 spiro atoms. The van der Waals surface area contributed by atoms with E-state index in [1.807, 2.05) is 13.8 Å². The fourth-order valence-electron chi connectivity index (χ4n) is 0.568. The van der Waals surface area contributed by atoms with Crippen LogP contribution >= 0.6 is 0 Å². The van der Waals surface area contributed by atoms with E-state index in [-0.39, 0.29) is 74.3 Å². The predicted octanol–water partition coefficient (Wildman–Crippen LogP) is -0.837. The Morgan fingerprint density at radius 2 is 1.13 bits per heavy atom. The molecule has 0 aromatic heterocycles. The first-order chi connectivity index (χ1) is 6.62. The summed E-state index contributed by atoms with van der Waals surface area (Å²) in [6.45, 7) is 3.71. The molecule has 0 aromatic carbocycles. The molecular weight excluding hydrogens is 321 g/mol. The molecule has 0 saturated heterocycles. The van der Waals surface area contributed by atoms with E-state index in [9.17, 15) is 10.2 Å². The molecule has 0 radical (unpaired) electrons. The van der Waals surface area contributed by atoms with Crippen molar-refractivity contribution < 1.29 is 19.7 Å². The second kappa shape index (κ2) is 17.8.